The van der Waals surface area contributed by atoms with Gasteiger partial charge in [-0.2, -0.15) is 0 Å². The third-order valence-electron chi connectivity index (χ3n) is 3.92. The molecule has 6 nitrogen and oxygen atoms in total. The molecule has 0 radical (unpaired) electrons. The quantitative estimate of drug-likeness (QED) is 0.815. The molecule has 20 heavy (non-hydrogen) atoms. The van der Waals surface area contributed by atoms with E-state index in [9.17, 15) is 4.79 Å². The van der Waals surface area contributed by atoms with E-state index in [1.807, 2.05) is 38.0 Å². The molecule has 2 aromatic rings. The first-order valence-corrected chi connectivity index (χ1v) is 6.80. The highest BCUT2D eigenvalue weighted by atomic mass is 16.2. The maximum atomic E-state index is 12.1. The fourth-order valence-corrected chi connectivity index (χ4v) is 2.84. The van der Waals surface area contributed by atoms with Crippen LogP contribution in [0.15, 0.2) is 18.6 Å². The lowest BCUT2D eigenvalue weighted by Gasteiger charge is -2.19. The minimum absolute atomic E-state index is 0.0683. The van der Waals surface area contributed by atoms with E-state index in [1.165, 1.54) is 0 Å². The molecule has 1 saturated heterocycles. The lowest BCUT2D eigenvalue weighted by Crippen LogP contribution is -2.32. The largest absolute Gasteiger partial charge is 0.355 e. The second-order valence-corrected chi connectivity index (χ2v) is 5.53. The first-order valence-electron chi connectivity index (χ1n) is 6.80. The van der Waals surface area contributed by atoms with E-state index >= 15 is 0 Å². The maximum Gasteiger partial charge on any atom is 0.227 e. The summed E-state index contributed by atoms with van der Waals surface area (Å²) in [5, 5.41) is 1.05. The normalized spacial score (nSPS) is 18.8. The highest BCUT2D eigenvalue weighted by Gasteiger charge is 2.30. The highest BCUT2D eigenvalue weighted by molar-refractivity contribution is 5.88. The summed E-state index contributed by atoms with van der Waals surface area (Å²) in [5.41, 5.74) is 0.928. The molecule has 0 N–H and O–H groups in total. The number of aromatic nitrogens is 3. The average molecular weight is 273 g/mol. The number of anilines is 1. The molecule has 3 heterocycles. The van der Waals surface area contributed by atoms with Crippen LogP contribution in [0.1, 0.15) is 6.42 Å². The number of amides is 1. The van der Waals surface area contributed by atoms with Gasteiger partial charge in [0.15, 0.2) is 0 Å². The van der Waals surface area contributed by atoms with Crippen LogP contribution < -0.4 is 4.90 Å². The van der Waals surface area contributed by atoms with Gasteiger partial charge >= 0.3 is 0 Å². The highest BCUT2D eigenvalue weighted by Crippen LogP contribution is 2.28. The van der Waals surface area contributed by atoms with E-state index in [4.69, 9.17) is 0 Å². The Kier molecular flexibility index (Phi) is 3.08. The van der Waals surface area contributed by atoms with Crippen molar-refractivity contribution in [2.24, 2.45) is 13.0 Å². The Hall–Kier alpha value is -2.11. The molecule has 0 aliphatic carbocycles. The Morgan fingerprint density at radius 1 is 1.40 bits per heavy atom. The zero-order valence-corrected chi connectivity index (χ0v) is 12.1. The van der Waals surface area contributed by atoms with Crippen LogP contribution >= 0.6 is 0 Å². The minimum Gasteiger partial charge on any atom is -0.355 e. The fourth-order valence-electron chi connectivity index (χ4n) is 2.84. The Labute approximate surface area is 118 Å². The van der Waals surface area contributed by atoms with Gasteiger partial charge in [0.25, 0.3) is 0 Å². The van der Waals surface area contributed by atoms with Gasteiger partial charge in [0.2, 0.25) is 5.91 Å². The number of rotatable bonds is 2. The van der Waals surface area contributed by atoms with Gasteiger partial charge in [0.1, 0.15) is 17.8 Å². The zero-order chi connectivity index (χ0) is 14.3. The number of aryl methyl sites for hydroxylation is 1. The number of hydrogen-bond acceptors (Lipinski definition) is 4. The molecule has 0 bridgehead atoms. The van der Waals surface area contributed by atoms with Gasteiger partial charge < -0.3 is 14.4 Å². The molecule has 1 fully saturated rings. The third-order valence-corrected chi connectivity index (χ3v) is 3.92. The fraction of sp³-hybridized carbons (Fsp3) is 0.500. The van der Waals surface area contributed by atoms with Gasteiger partial charge in [-0.05, 0) is 12.5 Å². The summed E-state index contributed by atoms with van der Waals surface area (Å²) in [6.07, 6.45) is 4.47. The number of hydrogen-bond donors (Lipinski definition) is 0. The molecule has 1 aliphatic heterocycles. The summed E-state index contributed by atoms with van der Waals surface area (Å²) in [5.74, 6) is 1.20. The zero-order valence-electron chi connectivity index (χ0n) is 12.1. The summed E-state index contributed by atoms with van der Waals surface area (Å²) in [6, 6.07) is 2.03. The molecule has 3 rings (SSSR count). The number of fused-ring (bicyclic) bond motifs is 1. The van der Waals surface area contributed by atoms with E-state index in [0.717, 1.165) is 36.4 Å². The molecule has 1 amide bonds. The van der Waals surface area contributed by atoms with Crippen molar-refractivity contribution in [1.82, 2.24) is 19.4 Å². The monoisotopic (exact) mass is 273 g/mol. The second-order valence-electron chi connectivity index (χ2n) is 5.53. The molecule has 6 heteroatoms. The average Bonchev–Trinajstić information content (AvgIpc) is 3.05. The standard InChI is InChI=1S/C14H19N5O/c1-17(2)14(20)10-4-7-19(8-10)13-11-5-6-18(3)12(11)15-9-16-13/h5-6,9-10H,4,7-8H2,1-3H3. The molecular weight excluding hydrogens is 254 g/mol. The van der Waals surface area contributed by atoms with Crippen molar-refractivity contribution >= 4 is 22.8 Å². The minimum atomic E-state index is 0.0683. The first-order chi connectivity index (χ1) is 9.58. The van der Waals surface area contributed by atoms with Crippen LogP contribution in [-0.4, -0.2) is 52.5 Å². The molecule has 106 valence electrons. The van der Waals surface area contributed by atoms with Gasteiger partial charge in [-0.15, -0.1) is 0 Å². The summed E-state index contributed by atoms with van der Waals surface area (Å²) in [7, 11) is 5.59. The van der Waals surface area contributed by atoms with Crippen molar-refractivity contribution in [2.75, 3.05) is 32.1 Å². The Balaban J connectivity index is 1.88. The van der Waals surface area contributed by atoms with Crippen molar-refractivity contribution in [3.8, 4) is 0 Å². The van der Waals surface area contributed by atoms with Crippen LogP contribution in [0.5, 0.6) is 0 Å². The van der Waals surface area contributed by atoms with Crippen LogP contribution in [0.3, 0.4) is 0 Å². The predicted octanol–water partition coefficient (Wildman–Crippen LogP) is 0.883. The van der Waals surface area contributed by atoms with Crippen LogP contribution in [0.25, 0.3) is 11.0 Å². The number of carbonyl (C=O) groups is 1. The van der Waals surface area contributed by atoms with E-state index < -0.39 is 0 Å². The first kappa shape index (κ1) is 12.9. The molecule has 1 unspecified atom stereocenters. The Bertz CT molecular complexity index is 648. The summed E-state index contributed by atoms with van der Waals surface area (Å²) in [4.78, 5) is 24.6. The van der Waals surface area contributed by atoms with Gasteiger partial charge in [-0.1, -0.05) is 0 Å². The molecular formula is C14H19N5O. The van der Waals surface area contributed by atoms with Gasteiger partial charge in [-0.25, -0.2) is 9.97 Å². The van der Waals surface area contributed by atoms with E-state index in [0.29, 0.717) is 0 Å². The van der Waals surface area contributed by atoms with E-state index in [2.05, 4.69) is 14.9 Å². The second kappa shape index (κ2) is 4.77. The van der Waals surface area contributed by atoms with E-state index in [1.54, 1.807) is 11.2 Å². The molecule has 0 spiro atoms. The molecule has 0 aromatic carbocycles. The van der Waals surface area contributed by atoms with Crippen LogP contribution in [0.2, 0.25) is 0 Å². The molecule has 1 atom stereocenters. The van der Waals surface area contributed by atoms with Crippen molar-refractivity contribution in [3.63, 3.8) is 0 Å². The lowest BCUT2D eigenvalue weighted by molar-refractivity contribution is -0.132. The Morgan fingerprint density at radius 2 is 2.20 bits per heavy atom. The predicted molar refractivity (Wildman–Crippen MR) is 77.5 cm³/mol. The molecule has 1 aliphatic rings. The lowest BCUT2D eigenvalue weighted by atomic mass is 10.1. The topological polar surface area (TPSA) is 54.3 Å². The van der Waals surface area contributed by atoms with Crippen LogP contribution in [-0.2, 0) is 11.8 Å². The number of nitrogens with zero attached hydrogens (tertiary/aromatic N) is 5. The van der Waals surface area contributed by atoms with Crippen molar-refractivity contribution in [2.45, 2.75) is 6.42 Å². The molecule has 0 saturated carbocycles. The van der Waals surface area contributed by atoms with Crippen molar-refractivity contribution in [3.05, 3.63) is 18.6 Å². The van der Waals surface area contributed by atoms with Gasteiger partial charge in [-0.3, -0.25) is 4.79 Å². The molecule has 2 aromatic heterocycles. The third kappa shape index (κ3) is 2.01. The van der Waals surface area contributed by atoms with Crippen LogP contribution in [0, 0.1) is 5.92 Å². The summed E-state index contributed by atoms with van der Waals surface area (Å²) < 4.78 is 1.99. The smallest absolute Gasteiger partial charge is 0.227 e. The van der Waals surface area contributed by atoms with Crippen LogP contribution in [0.4, 0.5) is 5.82 Å². The number of carbonyl (C=O) groups excluding carboxylic acids is 1. The summed E-state index contributed by atoms with van der Waals surface area (Å²) >= 11 is 0. The van der Waals surface area contributed by atoms with E-state index in [-0.39, 0.29) is 11.8 Å². The van der Waals surface area contributed by atoms with Gasteiger partial charge in [0, 0.05) is 40.4 Å². The SMILES string of the molecule is CN(C)C(=O)C1CCN(c2ncnc3c2ccn3C)C1. The summed E-state index contributed by atoms with van der Waals surface area (Å²) in [6.45, 7) is 1.60. The van der Waals surface area contributed by atoms with Crippen molar-refractivity contribution < 1.29 is 4.79 Å². The Morgan fingerprint density at radius 3 is 2.95 bits per heavy atom. The van der Waals surface area contributed by atoms with Gasteiger partial charge in [0.05, 0.1) is 11.3 Å². The van der Waals surface area contributed by atoms with Crippen molar-refractivity contribution in [1.29, 1.82) is 0 Å². The maximum absolute atomic E-state index is 12.1.